The molecular weight excluding hydrogens is 538 g/mol. The molecule has 0 spiro atoms. The SMILES string of the molecule is COC1CCC(CNC(=O)C(C)OC2CCC3C(C2)C2CC[NH2+]C4C5CCC(OC)C(OC)C5C(=O)N3C24)CC1OC. The highest BCUT2D eigenvalue weighted by Crippen LogP contribution is 2.53. The Balaban J connectivity index is 1.07. The Hall–Kier alpha value is -1.30. The number of rotatable bonds is 9. The first-order chi connectivity index (χ1) is 20.4. The second-order valence-electron chi connectivity index (χ2n) is 13.9. The van der Waals surface area contributed by atoms with Crippen LogP contribution in [-0.4, -0.2) is 113 Å². The van der Waals surface area contributed by atoms with E-state index in [2.05, 4.69) is 15.5 Å². The van der Waals surface area contributed by atoms with E-state index in [-0.39, 0.29) is 48.4 Å². The van der Waals surface area contributed by atoms with Gasteiger partial charge in [0.15, 0.2) is 0 Å². The molecule has 3 saturated carbocycles. The summed E-state index contributed by atoms with van der Waals surface area (Å²) in [7, 11) is 6.96. The number of ether oxygens (including phenoxy) is 5. The molecule has 6 fully saturated rings. The van der Waals surface area contributed by atoms with Crippen molar-refractivity contribution in [3.05, 3.63) is 0 Å². The van der Waals surface area contributed by atoms with E-state index in [0.717, 1.165) is 64.3 Å². The highest BCUT2D eigenvalue weighted by molar-refractivity contribution is 5.82. The number of amides is 2. The van der Waals surface area contributed by atoms with Crippen LogP contribution >= 0.6 is 0 Å². The summed E-state index contributed by atoms with van der Waals surface area (Å²) in [6.45, 7) is 3.65. The van der Waals surface area contributed by atoms with Gasteiger partial charge in [0.1, 0.15) is 12.1 Å². The third-order valence-electron chi connectivity index (χ3n) is 12.2. The first-order valence-corrected chi connectivity index (χ1v) is 16.6. The summed E-state index contributed by atoms with van der Waals surface area (Å²) in [5.74, 6) is 1.83. The quantitative estimate of drug-likeness (QED) is 0.413. The van der Waals surface area contributed by atoms with Crippen molar-refractivity contribution < 1.29 is 38.6 Å². The fourth-order valence-electron chi connectivity index (χ4n) is 10.3. The molecule has 0 aromatic rings. The maximum absolute atomic E-state index is 14.3. The lowest BCUT2D eigenvalue weighted by Crippen LogP contribution is -2.99. The molecule has 0 aromatic heterocycles. The predicted molar refractivity (Wildman–Crippen MR) is 155 cm³/mol. The van der Waals surface area contributed by atoms with Crippen molar-refractivity contribution in [1.82, 2.24) is 10.2 Å². The standard InChI is InChI=1S/C32H53N3O7/c1-17(31(36)34-16-18-6-10-24(38-2)26(14-18)40-4)42-19-7-9-23-22(15-19)20-12-13-33-28-21-8-11-25(39-3)30(41-5)27(21)32(37)35(23)29(20)28/h17-30,33H,6-16H2,1-5H3,(H,34,36)/p+1. The zero-order chi connectivity index (χ0) is 29.5. The van der Waals surface area contributed by atoms with Gasteiger partial charge in [0.2, 0.25) is 11.8 Å². The monoisotopic (exact) mass is 592 g/mol. The topological polar surface area (TPSA) is 112 Å². The molecule has 238 valence electrons. The fraction of sp³-hybridized carbons (Fsp3) is 0.938. The van der Waals surface area contributed by atoms with E-state index in [1.165, 1.54) is 0 Å². The van der Waals surface area contributed by atoms with Gasteiger partial charge in [-0.1, -0.05) is 0 Å². The van der Waals surface area contributed by atoms with Gasteiger partial charge in [-0.25, -0.2) is 0 Å². The van der Waals surface area contributed by atoms with Gasteiger partial charge in [0, 0.05) is 53.4 Å². The molecule has 10 heteroatoms. The Morgan fingerprint density at radius 1 is 0.881 bits per heavy atom. The number of hydrogen-bond acceptors (Lipinski definition) is 7. The zero-order valence-electron chi connectivity index (χ0n) is 26.2. The first kappa shape index (κ1) is 30.7. The maximum Gasteiger partial charge on any atom is 0.248 e. The van der Waals surface area contributed by atoms with E-state index in [9.17, 15) is 9.59 Å². The van der Waals surface area contributed by atoms with Crippen LogP contribution in [0.3, 0.4) is 0 Å². The van der Waals surface area contributed by atoms with Gasteiger partial charge in [0.05, 0.1) is 49.0 Å². The van der Waals surface area contributed by atoms with Crippen LogP contribution in [0, 0.1) is 29.6 Å². The minimum absolute atomic E-state index is 0.0203. The lowest BCUT2D eigenvalue weighted by molar-refractivity contribution is -0.713. The number of hydrogen-bond donors (Lipinski definition) is 2. The highest BCUT2D eigenvalue weighted by atomic mass is 16.5. The Labute approximate surface area is 251 Å². The summed E-state index contributed by atoms with van der Waals surface area (Å²) in [6.07, 6.45) is 8.33. The number of carbonyl (C=O) groups is 2. The summed E-state index contributed by atoms with van der Waals surface area (Å²) >= 11 is 0. The minimum Gasteiger partial charge on any atom is -0.379 e. The van der Waals surface area contributed by atoms with E-state index < -0.39 is 6.10 Å². The summed E-state index contributed by atoms with van der Waals surface area (Å²) < 4.78 is 29.4. The van der Waals surface area contributed by atoms with Crippen molar-refractivity contribution in [2.24, 2.45) is 29.6 Å². The molecule has 0 radical (unpaired) electrons. The molecule has 2 amide bonds. The zero-order valence-corrected chi connectivity index (χ0v) is 26.2. The number of nitrogens with two attached hydrogens (primary N) is 1. The van der Waals surface area contributed by atoms with Crippen LogP contribution in [0.1, 0.15) is 64.7 Å². The van der Waals surface area contributed by atoms with Gasteiger partial charge in [-0.05, 0) is 76.0 Å². The van der Waals surface area contributed by atoms with Crippen LogP contribution in [-0.2, 0) is 33.3 Å². The number of nitrogens with one attached hydrogen (secondary N) is 1. The molecule has 3 saturated heterocycles. The highest BCUT2D eigenvalue weighted by Gasteiger charge is 2.66. The van der Waals surface area contributed by atoms with E-state index in [1.807, 2.05) is 6.92 Å². The number of fused-ring (bicyclic) bond motifs is 5. The molecule has 6 aliphatic rings. The van der Waals surface area contributed by atoms with Crippen LogP contribution in [0.15, 0.2) is 0 Å². The normalized spacial score (nSPS) is 45.5. The van der Waals surface area contributed by atoms with Gasteiger partial charge >= 0.3 is 0 Å². The van der Waals surface area contributed by atoms with E-state index in [0.29, 0.717) is 48.2 Å². The second kappa shape index (κ2) is 13.0. The van der Waals surface area contributed by atoms with E-state index in [4.69, 9.17) is 23.7 Å². The molecule has 14 atom stereocenters. The van der Waals surface area contributed by atoms with Crippen molar-refractivity contribution in [2.75, 3.05) is 41.5 Å². The van der Waals surface area contributed by atoms with E-state index in [1.54, 1.807) is 28.4 Å². The van der Waals surface area contributed by atoms with E-state index >= 15 is 0 Å². The largest absolute Gasteiger partial charge is 0.379 e. The van der Waals surface area contributed by atoms with Crippen molar-refractivity contribution in [2.45, 2.75) is 119 Å². The van der Waals surface area contributed by atoms with Crippen LogP contribution < -0.4 is 10.6 Å². The molecule has 6 rings (SSSR count). The summed E-state index contributed by atoms with van der Waals surface area (Å²) in [6, 6.07) is 1.01. The number of methoxy groups -OCH3 is 4. The molecule has 3 aliphatic heterocycles. The summed E-state index contributed by atoms with van der Waals surface area (Å²) in [5.41, 5.74) is 0. The minimum atomic E-state index is -0.491. The molecule has 3 heterocycles. The van der Waals surface area contributed by atoms with Gasteiger partial charge in [-0.15, -0.1) is 0 Å². The third kappa shape index (κ3) is 5.42. The number of nitrogens with zero attached hydrogens (tertiary/aromatic N) is 1. The summed E-state index contributed by atoms with van der Waals surface area (Å²) in [5, 5.41) is 5.69. The summed E-state index contributed by atoms with van der Waals surface area (Å²) in [4.78, 5) is 29.6. The molecule has 10 nitrogen and oxygen atoms in total. The van der Waals surface area contributed by atoms with Crippen molar-refractivity contribution in [3.63, 3.8) is 0 Å². The number of carbonyl (C=O) groups excluding carboxylic acids is 2. The van der Waals surface area contributed by atoms with Crippen LogP contribution in [0.25, 0.3) is 0 Å². The Morgan fingerprint density at radius 2 is 1.64 bits per heavy atom. The Morgan fingerprint density at radius 3 is 2.38 bits per heavy atom. The number of piperidine rings is 2. The van der Waals surface area contributed by atoms with Crippen LogP contribution in [0.2, 0.25) is 0 Å². The fourth-order valence-corrected chi connectivity index (χ4v) is 10.3. The molecule has 3 aliphatic carbocycles. The smallest absolute Gasteiger partial charge is 0.248 e. The lowest BCUT2D eigenvalue weighted by atomic mass is 9.64. The molecule has 14 unspecified atom stereocenters. The Kier molecular flexibility index (Phi) is 9.49. The van der Waals surface area contributed by atoms with Crippen LogP contribution in [0.4, 0.5) is 0 Å². The molecule has 42 heavy (non-hydrogen) atoms. The first-order valence-electron chi connectivity index (χ1n) is 16.6. The Bertz CT molecular complexity index is 968. The predicted octanol–water partition coefficient (Wildman–Crippen LogP) is 1.11. The van der Waals surface area contributed by atoms with Gasteiger partial charge in [-0.3, -0.25) is 9.59 Å². The molecular formula is C32H54N3O7+. The lowest BCUT2D eigenvalue weighted by Gasteiger charge is -2.53. The van der Waals surface area contributed by atoms with Crippen molar-refractivity contribution in [1.29, 1.82) is 0 Å². The van der Waals surface area contributed by atoms with Gasteiger partial charge in [0.25, 0.3) is 0 Å². The second-order valence-corrected chi connectivity index (χ2v) is 13.9. The van der Waals surface area contributed by atoms with Crippen LogP contribution in [0.5, 0.6) is 0 Å². The average molecular weight is 593 g/mol. The third-order valence-corrected chi connectivity index (χ3v) is 12.2. The van der Waals surface area contributed by atoms with Gasteiger partial charge < -0.3 is 39.2 Å². The van der Waals surface area contributed by atoms with Crippen molar-refractivity contribution >= 4 is 11.8 Å². The molecule has 0 bridgehead atoms. The maximum atomic E-state index is 14.3. The average Bonchev–Trinajstić information content (AvgIpc) is 3.36. The van der Waals surface area contributed by atoms with Gasteiger partial charge in [-0.2, -0.15) is 0 Å². The van der Waals surface area contributed by atoms with Crippen molar-refractivity contribution in [3.8, 4) is 0 Å². The molecule has 0 aromatic carbocycles. The number of quaternary nitrogens is 1. The molecule has 3 N–H and O–H groups in total.